The largest absolute Gasteiger partial charge is 0.381 e. The van der Waals surface area contributed by atoms with Gasteiger partial charge in [0.05, 0.1) is 6.20 Å². The van der Waals surface area contributed by atoms with Crippen molar-refractivity contribution in [2.24, 2.45) is 0 Å². The fourth-order valence-corrected chi connectivity index (χ4v) is 1.47. The number of hydrogen-bond acceptors (Lipinski definition) is 4. The summed E-state index contributed by atoms with van der Waals surface area (Å²) in [4.78, 5) is 11.1. The molecule has 0 saturated carbocycles. The number of Topliss-reactive ketones (excluding diaryl/α,β-unsaturated/α-hetero) is 1. The van der Waals surface area contributed by atoms with Gasteiger partial charge in [-0.25, -0.2) is 0 Å². The molecule has 0 spiro atoms. The maximum atomic E-state index is 11.1. The molecule has 1 aromatic rings. The summed E-state index contributed by atoms with van der Waals surface area (Å²) >= 11 is 0. The lowest BCUT2D eigenvalue weighted by Crippen LogP contribution is -2.04. The van der Waals surface area contributed by atoms with Crippen molar-refractivity contribution in [1.82, 2.24) is 15.0 Å². The Bertz CT molecular complexity index is 390. The molecule has 18 heavy (non-hydrogen) atoms. The molecule has 0 aliphatic heterocycles. The Balaban J connectivity index is 1.86. The predicted molar refractivity (Wildman–Crippen MR) is 67.8 cm³/mol. The summed E-state index contributed by atoms with van der Waals surface area (Å²) in [5.41, 5.74) is 0. The van der Waals surface area contributed by atoms with Gasteiger partial charge in [0, 0.05) is 32.4 Å². The highest BCUT2D eigenvalue weighted by atomic mass is 16.5. The highest BCUT2D eigenvalue weighted by Gasteiger charge is 1.97. The molecule has 0 N–H and O–H groups in total. The number of unbranched alkanes of at least 4 members (excludes halogenated alkanes) is 1. The van der Waals surface area contributed by atoms with E-state index in [9.17, 15) is 4.79 Å². The molecule has 0 aliphatic carbocycles. The van der Waals surface area contributed by atoms with Gasteiger partial charge in [-0.2, -0.15) is 0 Å². The van der Waals surface area contributed by atoms with E-state index in [1.165, 1.54) is 0 Å². The number of nitrogens with zero attached hydrogens (tertiary/aromatic N) is 3. The normalized spacial score (nSPS) is 9.83. The molecule has 0 aliphatic rings. The van der Waals surface area contributed by atoms with Gasteiger partial charge in [-0.15, -0.1) is 5.10 Å². The summed E-state index contributed by atoms with van der Waals surface area (Å²) in [5, 5.41) is 7.58. The van der Waals surface area contributed by atoms with Crippen molar-refractivity contribution in [1.29, 1.82) is 0 Å². The Labute approximate surface area is 108 Å². The zero-order chi connectivity index (χ0) is 13.1. The first-order valence-electron chi connectivity index (χ1n) is 6.20. The Morgan fingerprint density at radius 2 is 2.17 bits per heavy atom. The molecule has 0 amide bonds. The van der Waals surface area contributed by atoms with Gasteiger partial charge >= 0.3 is 0 Å². The van der Waals surface area contributed by atoms with E-state index >= 15 is 0 Å². The molecule has 5 heteroatoms. The zero-order valence-electron chi connectivity index (χ0n) is 10.8. The lowest BCUT2D eigenvalue weighted by molar-refractivity contribution is -0.113. The molecule has 1 rings (SSSR count). The van der Waals surface area contributed by atoms with Gasteiger partial charge in [0.2, 0.25) is 5.78 Å². The highest BCUT2D eigenvalue weighted by molar-refractivity contribution is 5.95. The van der Waals surface area contributed by atoms with Gasteiger partial charge in [0.1, 0.15) is 0 Å². The number of carbonyl (C=O) groups is 1. The molecule has 0 unspecified atom stereocenters. The minimum atomic E-state index is 0.0173. The van der Waals surface area contributed by atoms with Crippen LogP contribution < -0.4 is 0 Å². The number of carbonyl (C=O) groups excluding carboxylic acids is 1. The molecule has 0 saturated heterocycles. The number of aromatic nitrogens is 3. The Kier molecular flexibility index (Phi) is 7.49. The first-order valence-corrected chi connectivity index (χ1v) is 6.20. The topological polar surface area (TPSA) is 57.0 Å². The SMILES string of the molecule is CC#CC(=O)CCCCOCCCn1ccnn1. The fraction of sp³-hybridized carbons (Fsp3) is 0.615. The summed E-state index contributed by atoms with van der Waals surface area (Å²) in [7, 11) is 0. The van der Waals surface area contributed by atoms with Crippen LogP contribution in [0.4, 0.5) is 0 Å². The number of ketones is 1. The maximum absolute atomic E-state index is 11.1. The number of ether oxygens (including phenoxy) is 1. The van der Waals surface area contributed by atoms with E-state index in [2.05, 4.69) is 22.2 Å². The third-order valence-corrected chi connectivity index (χ3v) is 2.35. The molecule has 0 radical (unpaired) electrons. The smallest absolute Gasteiger partial charge is 0.205 e. The van der Waals surface area contributed by atoms with Crippen molar-refractivity contribution in [2.45, 2.75) is 39.2 Å². The van der Waals surface area contributed by atoms with Crippen molar-refractivity contribution in [3.63, 3.8) is 0 Å². The van der Waals surface area contributed by atoms with Crippen LogP contribution in [0, 0.1) is 11.8 Å². The van der Waals surface area contributed by atoms with Gasteiger partial charge in [-0.05, 0) is 32.1 Å². The maximum Gasteiger partial charge on any atom is 0.205 e. The Morgan fingerprint density at radius 3 is 2.89 bits per heavy atom. The minimum Gasteiger partial charge on any atom is -0.381 e. The van der Waals surface area contributed by atoms with E-state index in [-0.39, 0.29) is 5.78 Å². The summed E-state index contributed by atoms with van der Waals surface area (Å²) in [5.74, 6) is 5.15. The number of aryl methyl sites for hydroxylation is 1. The number of hydrogen-bond donors (Lipinski definition) is 0. The van der Waals surface area contributed by atoms with Gasteiger partial charge in [0.15, 0.2) is 0 Å². The summed E-state index contributed by atoms with van der Waals surface area (Å²) in [6, 6.07) is 0. The molecule has 1 heterocycles. The summed E-state index contributed by atoms with van der Waals surface area (Å²) < 4.78 is 7.25. The van der Waals surface area contributed by atoms with Gasteiger partial charge in [-0.1, -0.05) is 11.1 Å². The van der Waals surface area contributed by atoms with Crippen molar-refractivity contribution < 1.29 is 9.53 Å². The van der Waals surface area contributed by atoms with Gasteiger partial charge in [0.25, 0.3) is 0 Å². The summed E-state index contributed by atoms with van der Waals surface area (Å²) in [6.07, 6.45) is 6.70. The molecule has 0 bridgehead atoms. The number of rotatable bonds is 9. The third kappa shape index (κ3) is 6.81. The van der Waals surface area contributed by atoms with Crippen LogP contribution in [0.25, 0.3) is 0 Å². The second-order valence-electron chi connectivity index (χ2n) is 3.89. The van der Waals surface area contributed by atoms with Crippen molar-refractivity contribution in [3.8, 4) is 11.8 Å². The zero-order valence-corrected chi connectivity index (χ0v) is 10.8. The second-order valence-corrected chi connectivity index (χ2v) is 3.89. The lowest BCUT2D eigenvalue weighted by atomic mass is 10.2. The van der Waals surface area contributed by atoms with Gasteiger partial charge < -0.3 is 4.74 Å². The molecule has 98 valence electrons. The first kappa shape index (κ1) is 14.4. The molecule has 0 atom stereocenters. The van der Waals surface area contributed by atoms with E-state index < -0.39 is 0 Å². The van der Waals surface area contributed by atoms with E-state index in [0.717, 1.165) is 25.8 Å². The molecule has 0 fully saturated rings. The van der Waals surface area contributed by atoms with Crippen LogP contribution in [0.1, 0.15) is 32.6 Å². The van der Waals surface area contributed by atoms with E-state index in [1.54, 1.807) is 17.8 Å². The first-order chi connectivity index (χ1) is 8.83. The molecule has 1 aromatic heterocycles. The predicted octanol–water partition coefficient (Wildman–Crippen LogP) is 1.45. The van der Waals surface area contributed by atoms with Crippen LogP contribution in [0.5, 0.6) is 0 Å². The van der Waals surface area contributed by atoms with Crippen LogP contribution in [-0.2, 0) is 16.1 Å². The van der Waals surface area contributed by atoms with E-state index in [0.29, 0.717) is 19.6 Å². The van der Waals surface area contributed by atoms with Crippen LogP contribution >= 0.6 is 0 Å². The third-order valence-electron chi connectivity index (χ3n) is 2.35. The average Bonchev–Trinajstić information content (AvgIpc) is 2.86. The lowest BCUT2D eigenvalue weighted by Gasteiger charge is -2.03. The molecular weight excluding hydrogens is 230 g/mol. The van der Waals surface area contributed by atoms with Crippen molar-refractivity contribution >= 4 is 5.78 Å². The average molecular weight is 249 g/mol. The van der Waals surface area contributed by atoms with Crippen LogP contribution in [-0.4, -0.2) is 34.0 Å². The minimum absolute atomic E-state index is 0.0173. The van der Waals surface area contributed by atoms with Crippen LogP contribution in [0.3, 0.4) is 0 Å². The Hall–Kier alpha value is -1.67. The van der Waals surface area contributed by atoms with Crippen molar-refractivity contribution in [3.05, 3.63) is 12.4 Å². The Morgan fingerprint density at radius 1 is 1.33 bits per heavy atom. The molecular formula is C13H19N3O2. The van der Waals surface area contributed by atoms with Crippen molar-refractivity contribution in [2.75, 3.05) is 13.2 Å². The van der Waals surface area contributed by atoms with Gasteiger partial charge in [-0.3, -0.25) is 9.48 Å². The van der Waals surface area contributed by atoms with Crippen LogP contribution in [0.15, 0.2) is 12.4 Å². The quantitative estimate of drug-likeness (QED) is 0.377. The van der Waals surface area contributed by atoms with E-state index in [1.807, 2.05) is 6.20 Å². The monoisotopic (exact) mass is 249 g/mol. The molecule has 0 aromatic carbocycles. The van der Waals surface area contributed by atoms with E-state index in [4.69, 9.17) is 4.74 Å². The fourth-order valence-electron chi connectivity index (χ4n) is 1.47. The second kappa shape index (κ2) is 9.37. The summed E-state index contributed by atoms with van der Waals surface area (Å²) in [6.45, 7) is 3.91. The standard InChI is InChI=1S/C13H19N3O2/c1-2-6-13(17)7-3-4-11-18-12-5-9-16-10-8-14-15-16/h8,10H,3-5,7,9,11-12H2,1H3. The molecule has 5 nitrogen and oxygen atoms in total. The highest BCUT2D eigenvalue weighted by Crippen LogP contribution is 1.97. The van der Waals surface area contributed by atoms with Crippen LogP contribution in [0.2, 0.25) is 0 Å².